The minimum atomic E-state index is -0.290. The Labute approximate surface area is 111 Å². The third-order valence-corrected chi connectivity index (χ3v) is 2.63. The van der Waals surface area contributed by atoms with Gasteiger partial charge in [-0.15, -0.1) is 0 Å². The number of carbonyl (C=O) groups is 1. The largest absolute Gasteiger partial charge is 0.397 e. The predicted octanol–water partition coefficient (Wildman–Crippen LogP) is 2.43. The molecule has 3 N–H and O–H groups in total. The van der Waals surface area contributed by atoms with E-state index in [4.69, 9.17) is 5.73 Å². The smallest absolute Gasteiger partial charge is 0.274 e. The van der Waals surface area contributed by atoms with Crippen LogP contribution >= 0.6 is 0 Å². The molecule has 0 radical (unpaired) electrons. The zero-order chi connectivity index (χ0) is 13.8. The number of rotatable bonds is 3. The molecule has 0 aliphatic heterocycles. The number of nitrogen functional groups attached to an aromatic ring is 1. The first kappa shape index (κ1) is 13.0. The quantitative estimate of drug-likeness (QED) is 0.826. The van der Waals surface area contributed by atoms with Gasteiger partial charge in [-0.25, -0.2) is 9.97 Å². The molecule has 0 spiro atoms. The zero-order valence-electron chi connectivity index (χ0n) is 10.9. The lowest BCUT2D eigenvalue weighted by Crippen LogP contribution is -2.16. The number of hydrogen-bond donors (Lipinski definition) is 2. The van der Waals surface area contributed by atoms with Crippen molar-refractivity contribution in [3.05, 3.63) is 48.0 Å². The predicted molar refractivity (Wildman–Crippen MR) is 74.9 cm³/mol. The summed E-state index contributed by atoms with van der Waals surface area (Å²) < 4.78 is 0. The van der Waals surface area contributed by atoms with Crippen LogP contribution in [0.4, 0.5) is 11.4 Å². The molecule has 0 unspecified atom stereocenters. The van der Waals surface area contributed by atoms with Crippen molar-refractivity contribution in [1.82, 2.24) is 9.97 Å². The molecule has 2 aromatic rings. The Morgan fingerprint density at radius 2 is 2.00 bits per heavy atom. The number of amides is 1. The maximum absolute atomic E-state index is 12.1. The molecule has 0 fully saturated rings. The minimum Gasteiger partial charge on any atom is -0.397 e. The summed E-state index contributed by atoms with van der Waals surface area (Å²) in [4.78, 5) is 20.4. The number of hydrogen-bond acceptors (Lipinski definition) is 4. The Balaban J connectivity index is 2.21. The van der Waals surface area contributed by atoms with Gasteiger partial charge in [-0.2, -0.15) is 0 Å². The second kappa shape index (κ2) is 5.48. The number of anilines is 2. The normalized spacial score (nSPS) is 10.5. The number of aromatic nitrogens is 2. The van der Waals surface area contributed by atoms with Crippen LogP contribution in [-0.2, 0) is 0 Å². The number of nitrogens with zero attached hydrogens (tertiary/aromatic N) is 2. The van der Waals surface area contributed by atoms with E-state index in [1.807, 2.05) is 26.0 Å². The summed E-state index contributed by atoms with van der Waals surface area (Å²) in [6, 6.07) is 8.69. The maximum Gasteiger partial charge on any atom is 0.274 e. The van der Waals surface area contributed by atoms with Crippen LogP contribution in [0.25, 0.3) is 0 Å². The molecule has 0 atom stereocenters. The van der Waals surface area contributed by atoms with Gasteiger partial charge in [0, 0.05) is 12.1 Å². The van der Waals surface area contributed by atoms with Crippen LogP contribution in [0.3, 0.4) is 0 Å². The summed E-state index contributed by atoms with van der Waals surface area (Å²) in [5.74, 6) is 0.533. The zero-order valence-corrected chi connectivity index (χ0v) is 10.9. The van der Waals surface area contributed by atoms with Crippen LogP contribution in [0.2, 0.25) is 0 Å². The van der Waals surface area contributed by atoms with E-state index in [1.54, 1.807) is 24.4 Å². The minimum absolute atomic E-state index is 0.176. The Morgan fingerprint density at radius 3 is 2.68 bits per heavy atom. The van der Waals surface area contributed by atoms with Crippen molar-refractivity contribution < 1.29 is 4.79 Å². The Morgan fingerprint density at radius 1 is 1.26 bits per heavy atom. The molecule has 0 bridgehead atoms. The van der Waals surface area contributed by atoms with E-state index in [0.717, 1.165) is 0 Å². The van der Waals surface area contributed by atoms with Crippen molar-refractivity contribution in [2.24, 2.45) is 0 Å². The van der Waals surface area contributed by atoms with E-state index in [0.29, 0.717) is 22.9 Å². The summed E-state index contributed by atoms with van der Waals surface area (Å²) in [5.41, 5.74) is 7.22. The van der Waals surface area contributed by atoms with Crippen molar-refractivity contribution >= 4 is 17.3 Å². The standard InChI is InChI=1S/C14H16N4O/c1-9(2)13-16-8-7-12(17-13)14(19)18-11-6-4-3-5-10(11)15/h3-9H,15H2,1-2H3,(H,18,19). The number of carbonyl (C=O) groups excluding carboxylic acids is 1. The molecule has 2 rings (SSSR count). The number of para-hydroxylation sites is 2. The Bertz CT molecular complexity index is 596. The number of nitrogens with one attached hydrogen (secondary N) is 1. The lowest BCUT2D eigenvalue weighted by molar-refractivity contribution is 0.102. The second-order valence-electron chi connectivity index (χ2n) is 4.50. The number of benzene rings is 1. The average Bonchev–Trinajstić information content (AvgIpc) is 2.41. The van der Waals surface area contributed by atoms with Crippen LogP contribution in [0.5, 0.6) is 0 Å². The van der Waals surface area contributed by atoms with Gasteiger partial charge in [0.1, 0.15) is 11.5 Å². The SMILES string of the molecule is CC(C)c1nccc(C(=O)Nc2ccccc2N)n1. The highest BCUT2D eigenvalue weighted by molar-refractivity contribution is 6.04. The van der Waals surface area contributed by atoms with Crippen molar-refractivity contribution in [2.75, 3.05) is 11.1 Å². The summed E-state index contributed by atoms with van der Waals surface area (Å²) in [5, 5.41) is 2.74. The van der Waals surface area contributed by atoms with E-state index in [9.17, 15) is 4.79 Å². The molecule has 1 heterocycles. The van der Waals surface area contributed by atoms with Crippen LogP contribution < -0.4 is 11.1 Å². The van der Waals surface area contributed by atoms with E-state index >= 15 is 0 Å². The molecule has 1 amide bonds. The molecule has 0 aliphatic carbocycles. The van der Waals surface area contributed by atoms with Crippen LogP contribution in [0.1, 0.15) is 36.1 Å². The lowest BCUT2D eigenvalue weighted by Gasteiger charge is -2.08. The fourth-order valence-electron chi connectivity index (χ4n) is 1.58. The van der Waals surface area contributed by atoms with Gasteiger partial charge < -0.3 is 11.1 Å². The van der Waals surface area contributed by atoms with Crippen LogP contribution in [-0.4, -0.2) is 15.9 Å². The molecule has 5 heteroatoms. The van der Waals surface area contributed by atoms with Gasteiger partial charge >= 0.3 is 0 Å². The Hall–Kier alpha value is -2.43. The van der Waals surface area contributed by atoms with Gasteiger partial charge in [0.25, 0.3) is 5.91 Å². The van der Waals surface area contributed by atoms with Crippen molar-refractivity contribution in [1.29, 1.82) is 0 Å². The van der Waals surface area contributed by atoms with Crippen LogP contribution in [0, 0.1) is 0 Å². The Kier molecular flexibility index (Phi) is 3.75. The van der Waals surface area contributed by atoms with Crippen LogP contribution in [0.15, 0.2) is 36.5 Å². The van der Waals surface area contributed by atoms with Gasteiger partial charge in [0.05, 0.1) is 11.4 Å². The lowest BCUT2D eigenvalue weighted by atomic mass is 10.2. The highest BCUT2D eigenvalue weighted by Crippen LogP contribution is 2.17. The summed E-state index contributed by atoms with van der Waals surface area (Å²) >= 11 is 0. The fraction of sp³-hybridized carbons (Fsp3) is 0.214. The molecule has 5 nitrogen and oxygen atoms in total. The third-order valence-electron chi connectivity index (χ3n) is 2.63. The van der Waals surface area contributed by atoms with Gasteiger partial charge in [-0.3, -0.25) is 4.79 Å². The first-order valence-corrected chi connectivity index (χ1v) is 6.06. The molecule has 0 saturated heterocycles. The average molecular weight is 256 g/mol. The first-order chi connectivity index (χ1) is 9.08. The highest BCUT2D eigenvalue weighted by Gasteiger charge is 2.11. The van der Waals surface area contributed by atoms with Crippen molar-refractivity contribution in [3.63, 3.8) is 0 Å². The molecular weight excluding hydrogens is 240 g/mol. The summed E-state index contributed by atoms with van der Waals surface area (Å²) in [7, 11) is 0. The fourth-order valence-corrected chi connectivity index (χ4v) is 1.58. The monoisotopic (exact) mass is 256 g/mol. The maximum atomic E-state index is 12.1. The number of nitrogens with two attached hydrogens (primary N) is 1. The van der Waals surface area contributed by atoms with Gasteiger partial charge in [-0.1, -0.05) is 26.0 Å². The second-order valence-corrected chi connectivity index (χ2v) is 4.50. The van der Waals surface area contributed by atoms with Gasteiger partial charge in [-0.05, 0) is 18.2 Å². The molecule has 0 aliphatic rings. The molecule has 19 heavy (non-hydrogen) atoms. The summed E-state index contributed by atoms with van der Waals surface area (Å²) in [6.07, 6.45) is 1.59. The van der Waals surface area contributed by atoms with Gasteiger partial charge in [0.15, 0.2) is 0 Å². The molecule has 1 aromatic carbocycles. The molecule has 98 valence electrons. The summed E-state index contributed by atoms with van der Waals surface area (Å²) in [6.45, 7) is 3.96. The molecular formula is C14H16N4O. The van der Waals surface area contributed by atoms with E-state index < -0.39 is 0 Å². The van der Waals surface area contributed by atoms with E-state index in [-0.39, 0.29) is 11.8 Å². The topological polar surface area (TPSA) is 80.9 Å². The van der Waals surface area contributed by atoms with E-state index in [2.05, 4.69) is 15.3 Å². The van der Waals surface area contributed by atoms with Gasteiger partial charge in [0.2, 0.25) is 0 Å². The first-order valence-electron chi connectivity index (χ1n) is 6.06. The third kappa shape index (κ3) is 3.07. The molecule has 0 saturated carbocycles. The van der Waals surface area contributed by atoms with E-state index in [1.165, 1.54) is 0 Å². The highest BCUT2D eigenvalue weighted by atomic mass is 16.1. The van der Waals surface area contributed by atoms with Crippen molar-refractivity contribution in [2.45, 2.75) is 19.8 Å². The van der Waals surface area contributed by atoms with Crippen molar-refractivity contribution in [3.8, 4) is 0 Å². The molecule has 1 aromatic heterocycles.